The van der Waals surface area contributed by atoms with Gasteiger partial charge in [-0.15, -0.1) is 0 Å². The fourth-order valence-electron chi connectivity index (χ4n) is 1.38. The maximum Gasteiger partial charge on any atom is 0.123 e. The Labute approximate surface area is 89.7 Å². The first-order valence-corrected chi connectivity index (χ1v) is 4.96. The van der Waals surface area contributed by atoms with Gasteiger partial charge in [-0.2, -0.15) is 0 Å². The van der Waals surface area contributed by atoms with E-state index in [1.807, 2.05) is 20.8 Å². The van der Waals surface area contributed by atoms with Crippen LogP contribution in [0.15, 0.2) is 12.1 Å². The third-order valence-electron chi connectivity index (χ3n) is 2.18. The number of hydrogen-bond acceptors (Lipinski definition) is 2. The Hall–Kier alpha value is -0.730. The molecule has 0 heterocycles. The van der Waals surface area contributed by atoms with Crippen molar-refractivity contribution >= 4 is 11.6 Å². The molecular weight excluding hydrogens is 198 g/mol. The number of nitrogens with two attached hydrogens (primary N) is 1. The minimum atomic E-state index is -0.126. The van der Waals surface area contributed by atoms with E-state index in [0.717, 1.165) is 5.56 Å². The monoisotopic (exact) mass is 213 g/mol. The topological polar surface area (TPSA) is 46.2 Å². The van der Waals surface area contributed by atoms with Gasteiger partial charge in [0.1, 0.15) is 5.75 Å². The second-order valence-electron chi connectivity index (χ2n) is 4.42. The molecule has 1 aromatic carbocycles. The SMILES string of the molecule is CC(C)(C)c1cc(Cl)cc(CN)c1O. The molecule has 3 heteroatoms. The van der Waals surface area contributed by atoms with Crippen LogP contribution in [0.3, 0.4) is 0 Å². The van der Waals surface area contributed by atoms with Gasteiger partial charge in [-0.05, 0) is 17.5 Å². The van der Waals surface area contributed by atoms with Crippen LogP contribution in [0.25, 0.3) is 0 Å². The number of phenolic OH excluding ortho intramolecular Hbond substituents is 1. The van der Waals surface area contributed by atoms with E-state index in [1.54, 1.807) is 12.1 Å². The maximum atomic E-state index is 9.91. The van der Waals surface area contributed by atoms with Crippen molar-refractivity contribution in [3.8, 4) is 5.75 Å². The van der Waals surface area contributed by atoms with E-state index in [2.05, 4.69) is 0 Å². The molecule has 0 radical (unpaired) electrons. The van der Waals surface area contributed by atoms with Crippen molar-refractivity contribution in [3.63, 3.8) is 0 Å². The fraction of sp³-hybridized carbons (Fsp3) is 0.455. The van der Waals surface area contributed by atoms with Gasteiger partial charge in [-0.1, -0.05) is 32.4 Å². The van der Waals surface area contributed by atoms with Crippen molar-refractivity contribution in [3.05, 3.63) is 28.3 Å². The Bertz CT molecular complexity index is 342. The van der Waals surface area contributed by atoms with Crippen LogP contribution >= 0.6 is 11.6 Å². The van der Waals surface area contributed by atoms with Crippen LogP contribution in [0.5, 0.6) is 5.75 Å². The van der Waals surface area contributed by atoms with Crippen molar-refractivity contribution in [2.75, 3.05) is 0 Å². The quantitative estimate of drug-likeness (QED) is 0.754. The Balaban J connectivity index is 3.37. The zero-order valence-corrected chi connectivity index (χ0v) is 9.52. The van der Waals surface area contributed by atoms with E-state index in [0.29, 0.717) is 17.1 Å². The summed E-state index contributed by atoms with van der Waals surface area (Å²) >= 11 is 5.94. The van der Waals surface area contributed by atoms with Gasteiger partial charge < -0.3 is 10.8 Å². The lowest BCUT2D eigenvalue weighted by Crippen LogP contribution is -2.13. The fourth-order valence-corrected chi connectivity index (χ4v) is 1.62. The summed E-state index contributed by atoms with van der Waals surface area (Å²) in [5.74, 6) is 0.268. The first kappa shape index (κ1) is 11.3. The average Bonchev–Trinajstić information content (AvgIpc) is 2.06. The van der Waals surface area contributed by atoms with E-state index >= 15 is 0 Å². The molecule has 0 aliphatic heterocycles. The number of phenols is 1. The van der Waals surface area contributed by atoms with Gasteiger partial charge in [-0.3, -0.25) is 0 Å². The number of rotatable bonds is 1. The molecule has 3 N–H and O–H groups in total. The van der Waals surface area contributed by atoms with Crippen LogP contribution in [-0.4, -0.2) is 5.11 Å². The van der Waals surface area contributed by atoms with Gasteiger partial charge in [0.15, 0.2) is 0 Å². The molecule has 0 amide bonds. The molecule has 0 saturated heterocycles. The lowest BCUT2D eigenvalue weighted by Gasteiger charge is -2.22. The molecule has 78 valence electrons. The minimum Gasteiger partial charge on any atom is -0.507 e. The summed E-state index contributed by atoms with van der Waals surface area (Å²) in [7, 11) is 0. The van der Waals surface area contributed by atoms with Crippen molar-refractivity contribution < 1.29 is 5.11 Å². The summed E-state index contributed by atoms with van der Waals surface area (Å²) in [6.45, 7) is 6.38. The predicted molar refractivity (Wildman–Crippen MR) is 59.7 cm³/mol. The summed E-state index contributed by atoms with van der Waals surface area (Å²) < 4.78 is 0. The zero-order chi connectivity index (χ0) is 10.9. The molecule has 14 heavy (non-hydrogen) atoms. The molecule has 1 rings (SSSR count). The van der Waals surface area contributed by atoms with E-state index in [1.165, 1.54) is 0 Å². The normalized spacial score (nSPS) is 11.8. The average molecular weight is 214 g/mol. The van der Waals surface area contributed by atoms with Gasteiger partial charge in [-0.25, -0.2) is 0 Å². The molecule has 0 spiro atoms. The zero-order valence-electron chi connectivity index (χ0n) is 8.76. The van der Waals surface area contributed by atoms with E-state index < -0.39 is 0 Å². The number of aromatic hydroxyl groups is 1. The minimum absolute atomic E-state index is 0.126. The molecule has 0 aliphatic rings. The second kappa shape index (κ2) is 3.79. The smallest absolute Gasteiger partial charge is 0.123 e. The highest BCUT2D eigenvalue weighted by atomic mass is 35.5. The van der Waals surface area contributed by atoms with Gasteiger partial charge >= 0.3 is 0 Å². The summed E-state index contributed by atoms with van der Waals surface area (Å²) in [4.78, 5) is 0. The van der Waals surface area contributed by atoms with E-state index in [-0.39, 0.29) is 11.2 Å². The van der Waals surface area contributed by atoms with Crippen molar-refractivity contribution in [2.45, 2.75) is 32.7 Å². The lowest BCUT2D eigenvalue weighted by molar-refractivity contribution is 0.440. The molecule has 1 aromatic rings. The Kier molecular flexibility index (Phi) is 3.07. The first-order valence-electron chi connectivity index (χ1n) is 4.58. The van der Waals surface area contributed by atoms with Crippen molar-refractivity contribution in [1.29, 1.82) is 0 Å². The molecule has 0 fully saturated rings. The highest BCUT2D eigenvalue weighted by Gasteiger charge is 2.20. The van der Waals surface area contributed by atoms with E-state index in [9.17, 15) is 5.11 Å². The third-order valence-corrected chi connectivity index (χ3v) is 2.40. The van der Waals surface area contributed by atoms with E-state index in [4.69, 9.17) is 17.3 Å². The van der Waals surface area contributed by atoms with Crippen LogP contribution < -0.4 is 5.73 Å². The van der Waals surface area contributed by atoms with Gasteiger partial charge in [0.2, 0.25) is 0 Å². The van der Waals surface area contributed by atoms with Crippen LogP contribution in [0.1, 0.15) is 31.9 Å². The molecule has 0 atom stereocenters. The summed E-state index contributed by atoms with van der Waals surface area (Å²) in [6.07, 6.45) is 0. The standard InChI is InChI=1S/C11H16ClNO/c1-11(2,3)9-5-8(12)4-7(6-13)10(9)14/h4-5,14H,6,13H2,1-3H3. The Morgan fingerprint density at radius 2 is 1.93 bits per heavy atom. The first-order chi connectivity index (χ1) is 6.36. The van der Waals surface area contributed by atoms with Crippen LogP contribution in [0.2, 0.25) is 5.02 Å². The highest BCUT2D eigenvalue weighted by molar-refractivity contribution is 6.30. The summed E-state index contributed by atoms with van der Waals surface area (Å²) in [5.41, 5.74) is 6.92. The number of hydrogen-bond donors (Lipinski definition) is 2. The lowest BCUT2D eigenvalue weighted by atomic mass is 9.85. The third kappa shape index (κ3) is 2.20. The molecule has 0 aromatic heterocycles. The van der Waals surface area contributed by atoms with Crippen molar-refractivity contribution in [1.82, 2.24) is 0 Å². The van der Waals surface area contributed by atoms with Gasteiger partial charge in [0.05, 0.1) is 0 Å². The molecule has 2 nitrogen and oxygen atoms in total. The Morgan fingerprint density at radius 1 is 1.36 bits per heavy atom. The molecule has 0 unspecified atom stereocenters. The number of benzene rings is 1. The molecular formula is C11H16ClNO. The highest BCUT2D eigenvalue weighted by Crippen LogP contribution is 2.35. The summed E-state index contributed by atoms with van der Waals surface area (Å²) in [5, 5.41) is 10.5. The van der Waals surface area contributed by atoms with Crippen LogP contribution in [0, 0.1) is 0 Å². The largest absolute Gasteiger partial charge is 0.507 e. The van der Waals surface area contributed by atoms with Crippen LogP contribution in [0.4, 0.5) is 0 Å². The number of halogens is 1. The maximum absolute atomic E-state index is 9.91. The molecule has 0 saturated carbocycles. The molecule has 0 bridgehead atoms. The molecule has 0 aliphatic carbocycles. The van der Waals surface area contributed by atoms with Gasteiger partial charge in [0, 0.05) is 22.7 Å². The summed E-state index contributed by atoms with van der Waals surface area (Å²) in [6, 6.07) is 3.49. The van der Waals surface area contributed by atoms with Gasteiger partial charge in [0.25, 0.3) is 0 Å². The second-order valence-corrected chi connectivity index (χ2v) is 4.85. The predicted octanol–water partition coefficient (Wildman–Crippen LogP) is 2.80. The van der Waals surface area contributed by atoms with Crippen molar-refractivity contribution in [2.24, 2.45) is 5.73 Å². The van der Waals surface area contributed by atoms with Crippen LogP contribution in [-0.2, 0) is 12.0 Å². The Morgan fingerprint density at radius 3 is 2.36 bits per heavy atom.